The van der Waals surface area contributed by atoms with Crippen LogP contribution in [0, 0.1) is 5.82 Å². The van der Waals surface area contributed by atoms with Crippen LogP contribution in [0.2, 0.25) is 0 Å². The Hall–Kier alpha value is -3.52. The van der Waals surface area contributed by atoms with Crippen LogP contribution in [0.4, 0.5) is 4.39 Å². The van der Waals surface area contributed by atoms with Crippen LogP contribution in [0.1, 0.15) is 12.5 Å². The van der Waals surface area contributed by atoms with Crippen molar-refractivity contribution in [2.45, 2.75) is 20.0 Å². The number of rotatable bonds is 6. The fourth-order valence-corrected chi connectivity index (χ4v) is 4.33. The average Bonchev–Trinajstić information content (AvgIpc) is 3.27. The molecule has 0 aliphatic rings. The molecule has 31 heavy (non-hydrogen) atoms. The van der Waals surface area contributed by atoms with Gasteiger partial charge in [0.2, 0.25) is 5.91 Å². The Morgan fingerprint density at radius 2 is 1.74 bits per heavy atom. The number of halogens is 1. The molecule has 0 aliphatic carbocycles. The quantitative estimate of drug-likeness (QED) is 0.464. The lowest BCUT2D eigenvalue weighted by atomic mass is 10.2. The standard InChI is InChI=1S/C23H20FN3O3S/c1-2-25(14-16-8-4-3-5-9-16)20(28)15-26-19-12-13-31-21(19)22(29)27(23(26)30)18-11-7-6-10-17(18)24/h3-13H,2,14-15H2,1H3. The Bertz CT molecular complexity index is 1360. The van der Waals surface area contributed by atoms with Gasteiger partial charge in [-0.15, -0.1) is 11.3 Å². The predicted octanol–water partition coefficient (Wildman–Crippen LogP) is 3.40. The number of benzene rings is 2. The molecule has 0 atom stereocenters. The maximum atomic E-state index is 14.4. The van der Waals surface area contributed by atoms with Crippen molar-refractivity contribution in [3.05, 3.63) is 98.3 Å². The number of likely N-dealkylation sites (N-methyl/N-ethyl adjacent to an activating group) is 1. The third kappa shape index (κ3) is 3.94. The molecule has 0 saturated heterocycles. The lowest BCUT2D eigenvalue weighted by Crippen LogP contribution is -2.42. The molecule has 158 valence electrons. The van der Waals surface area contributed by atoms with Gasteiger partial charge in [-0.1, -0.05) is 42.5 Å². The van der Waals surface area contributed by atoms with Crippen molar-refractivity contribution in [3.63, 3.8) is 0 Å². The van der Waals surface area contributed by atoms with E-state index >= 15 is 0 Å². The van der Waals surface area contributed by atoms with Crippen molar-refractivity contribution in [2.75, 3.05) is 6.54 Å². The number of nitrogens with zero attached hydrogens (tertiary/aromatic N) is 3. The van der Waals surface area contributed by atoms with E-state index in [2.05, 4.69) is 0 Å². The van der Waals surface area contributed by atoms with Gasteiger partial charge in [0.25, 0.3) is 5.56 Å². The molecule has 0 fully saturated rings. The van der Waals surface area contributed by atoms with Crippen LogP contribution < -0.4 is 11.2 Å². The van der Waals surface area contributed by atoms with Crippen molar-refractivity contribution >= 4 is 27.5 Å². The topological polar surface area (TPSA) is 64.3 Å². The molecule has 0 N–H and O–H groups in total. The Labute approximate surface area is 181 Å². The molecule has 4 aromatic rings. The number of hydrogen-bond acceptors (Lipinski definition) is 4. The monoisotopic (exact) mass is 437 g/mol. The van der Waals surface area contributed by atoms with Gasteiger partial charge in [-0.25, -0.2) is 13.8 Å². The summed E-state index contributed by atoms with van der Waals surface area (Å²) in [6.45, 7) is 2.48. The molecule has 4 rings (SSSR count). The lowest BCUT2D eigenvalue weighted by Gasteiger charge is -2.22. The predicted molar refractivity (Wildman–Crippen MR) is 119 cm³/mol. The minimum absolute atomic E-state index is 0.134. The smallest absolute Gasteiger partial charge is 0.336 e. The Balaban J connectivity index is 1.78. The van der Waals surface area contributed by atoms with Crippen LogP contribution in [0.25, 0.3) is 15.9 Å². The summed E-state index contributed by atoms with van der Waals surface area (Å²) in [5, 5.41) is 1.68. The highest BCUT2D eigenvalue weighted by Crippen LogP contribution is 2.18. The molecule has 2 aromatic heterocycles. The summed E-state index contributed by atoms with van der Waals surface area (Å²) in [4.78, 5) is 40.9. The minimum Gasteiger partial charge on any atom is -0.337 e. The van der Waals surface area contributed by atoms with Crippen molar-refractivity contribution in [1.29, 1.82) is 0 Å². The highest BCUT2D eigenvalue weighted by atomic mass is 32.1. The van der Waals surface area contributed by atoms with Gasteiger partial charge < -0.3 is 4.90 Å². The summed E-state index contributed by atoms with van der Waals surface area (Å²) in [6, 6.07) is 16.8. The molecule has 1 amide bonds. The molecule has 0 saturated carbocycles. The molecule has 0 radical (unpaired) electrons. The largest absolute Gasteiger partial charge is 0.337 e. The van der Waals surface area contributed by atoms with Gasteiger partial charge in [-0.3, -0.25) is 14.2 Å². The number of aromatic nitrogens is 2. The summed E-state index contributed by atoms with van der Waals surface area (Å²) in [6.07, 6.45) is 0. The second-order valence-corrected chi connectivity index (χ2v) is 7.91. The van der Waals surface area contributed by atoms with Gasteiger partial charge in [0, 0.05) is 13.1 Å². The molecule has 8 heteroatoms. The van der Waals surface area contributed by atoms with Crippen LogP contribution in [0.15, 0.2) is 75.6 Å². The third-order valence-electron chi connectivity index (χ3n) is 5.09. The molecule has 0 unspecified atom stereocenters. The van der Waals surface area contributed by atoms with E-state index in [0.29, 0.717) is 23.3 Å². The van der Waals surface area contributed by atoms with Crippen LogP contribution in [-0.4, -0.2) is 26.5 Å². The summed E-state index contributed by atoms with van der Waals surface area (Å²) >= 11 is 1.15. The first-order chi connectivity index (χ1) is 15.0. The van der Waals surface area contributed by atoms with Crippen LogP contribution in [0.5, 0.6) is 0 Å². The van der Waals surface area contributed by atoms with E-state index in [1.807, 2.05) is 37.3 Å². The first-order valence-corrected chi connectivity index (χ1v) is 10.7. The molecular formula is C23H20FN3O3S. The second kappa shape index (κ2) is 8.69. The van der Waals surface area contributed by atoms with E-state index in [0.717, 1.165) is 21.5 Å². The first kappa shape index (κ1) is 20.7. The van der Waals surface area contributed by atoms with E-state index in [-0.39, 0.29) is 18.1 Å². The number of hydrogen-bond donors (Lipinski definition) is 0. The van der Waals surface area contributed by atoms with E-state index in [1.165, 1.54) is 22.8 Å². The normalized spacial score (nSPS) is 11.0. The van der Waals surface area contributed by atoms with Gasteiger partial charge in [-0.2, -0.15) is 0 Å². The Morgan fingerprint density at radius 1 is 1.03 bits per heavy atom. The van der Waals surface area contributed by atoms with E-state index in [9.17, 15) is 18.8 Å². The molecule has 0 aliphatic heterocycles. The molecule has 2 heterocycles. The number of carbonyl (C=O) groups excluding carboxylic acids is 1. The highest BCUT2D eigenvalue weighted by molar-refractivity contribution is 7.17. The van der Waals surface area contributed by atoms with Gasteiger partial charge >= 0.3 is 5.69 Å². The van der Waals surface area contributed by atoms with Crippen molar-refractivity contribution < 1.29 is 9.18 Å². The second-order valence-electron chi connectivity index (χ2n) is 6.99. The lowest BCUT2D eigenvalue weighted by molar-refractivity contribution is -0.132. The SMILES string of the molecule is CCN(Cc1ccccc1)C(=O)Cn1c(=O)n(-c2ccccc2F)c(=O)c2sccc21. The van der Waals surface area contributed by atoms with Crippen molar-refractivity contribution in [1.82, 2.24) is 14.0 Å². The molecular weight excluding hydrogens is 417 g/mol. The van der Waals surface area contributed by atoms with E-state index < -0.39 is 17.1 Å². The fourth-order valence-electron chi connectivity index (χ4n) is 3.50. The summed E-state index contributed by atoms with van der Waals surface area (Å²) in [7, 11) is 0. The van der Waals surface area contributed by atoms with Crippen molar-refractivity contribution in [3.8, 4) is 5.69 Å². The van der Waals surface area contributed by atoms with Gasteiger partial charge in [-0.05, 0) is 36.1 Å². The maximum absolute atomic E-state index is 14.4. The van der Waals surface area contributed by atoms with E-state index in [1.54, 1.807) is 22.4 Å². The number of para-hydroxylation sites is 1. The third-order valence-corrected chi connectivity index (χ3v) is 5.98. The van der Waals surface area contributed by atoms with Gasteiger partial charge in [0.15, 0.2) is 0 Å². The Kier molecular flexibility index (Phi) is 5.81. The molecule has 0 bridgehead atoms. The van der Waals surface area contributed by atoms with Crippen LogP contribution in [0.3, 0.4) is 0 Å². The molecule has 2 aromatic carbocycles. The minimum atomic E-state index is -0.745. The summed E-state index contributed by atoms with van der Waals surface area (Å²) < 4.78 is 16.7. The highest BCUT2D eigenvalue weighted by Gasteiger charge is 2.21. The zero-order chi connectivity index (χ0) is 22.0. The summed E-state index contributed by atoms with van der Waals surface area (Å²) in [5.41, 5.74) is -0.130. The van der Waals surface area contributed by atoms with Crippen LogP contribution in [-0.2, 0) is 17.9 Å². The molecule has 6 nitrogen and oxygen atoms in total. The van der Waals surface area contributed by atoms with Crippen LogP contribution >= 0.6 is 11.3 Å². The zero-order valence-corrected chi connectivity index (χ0v) is 17.6. The average molecular weight is 437 g/mol. The van der Waals surface area contributed by atoms with Gasteiger partial charge in [0.05, 0.1) is 11.2 Å². The van der Waals surface area contributed by atoms with Crippen molar-refractivity contribution in [2.24, 2.45) is 0 Å². The van der Waals surface area contributed by atoms with E-state index in [4.69, 9.17) is 0 Å². The van der Waals surface area contributed by atoms with Gasteiger partial charge in [0.1, 0.15) is 17.1 Å². The summed E-state index contributed by atoms with van der Waals surface area (Å²) in [5.74, 6) is -0.950. The Morgan fingerprint density at radius 3 is 2.45 bits per heavy atom. The zero-order valence-electron chi connectivity index (χ0n) is 16.8. The number of carbonyl (C=O) groups is 1. The molecule has 0 spiro atoms. The number of fused-ring (bicyclic) bond motifs is 1. The number of thiophene rings is 1. The fraction of sp³-hybridized carbons (Fsp3) is 0.174. The number of amides is 1. The first-order valence-electron chi connectivity index (χ1n) is 9.81. The maximum Gasteiger partial charge on any atom is 0.336 e.